The minimum atomic E-state index is -0.0467. The predicted octanol–water partition coefficient (Wildman–Crippen LogP) is 5.70. The number of anilines is 1. The third-order valence-electron chi connectivity index (χ3n) is 5.68. The van der Waals surface area contributed by atoms with Crippen molar-refractivity contribution in [1.29, 1.82) is 0 Å². The van der Waals surface area contributed by atoms with Crippen LogP contribution in [0.25, 0.3) is 0 Å². The van der Waals surface area contributed by atoms with Crippen molar-refractivity contribution in [3.63, 3.8) is 0 Å². The zero-order chi connectivity index (χ0) is 16.3. The third-order valence-corrected chi connectivity index (χ3v) is 5.68. The van der Waals surface area contributed by atoms with Crippen LogP contribution in [0.3, 0.4) is 0 Å². The Hall–Kier alpha value is -1.83. The number of nitrogen functional groups attached to an aromatic ring is 1. The van der Waals surface area contributed by atoms with Gasteiger partial charge < -0.3 is 5.73 Å². The van der Waals surface area contributed by atoms with Crippen molar-refractivity contribution in [1.82, 2.24) is 0 Å². The molecular weight excluding hydrogens is 285 g/mol. The van der Waals surface area contributed by atoms with Gasteiger partial charge in [0, 0.05) is 5.69 Å². The second-order valence-corrected chi connectivity index (χ2v) is 6.95. The molecule has 2 unspecified atom stereocenters. The van der Waals surface area contributed by atoms with Crippen molar-refractivity contribution in [3.05, 3.63) is 65.5 Å². The highest BCUT2D eigenvalue weighted by atomic mass is 19.1. The molecule has 3 rings (SSSR count). The highest BCUT2D eigenvalue weighted by molar-refractivity contribution is 5.40. The first-order valence-electron chi connectivity index (χ1n) is 8.73. The van der Waals surface area contributed by atoms with E-state index < -0.39 is 0 Å². The molecule has 1 aliphatic carbocycles. The first-order valence-corrected chi connectivity index (χ1v) is 8.73. The molecule has 0 bridgehead atoms. The van der Waals surface area contributed by atoms with Gasteiger partial charge >= 0.3 is 0 Å². The molecule has 1 saturated carbocycles. The lowest BCUT2D eigenvalue weighted by molar-refractivity contribution is 0.138. The Morgan fingerprint density at radius 3 is 2.52 bits per heavy atom. The van der Waals surface area contributed by atoms with Crippen LogP contribution in [-0.4, -0.2) is 0 Å². The summed E-state index contributed by atoms with van der Waals surface area (Å²) in [6.07, 6.45) is 6.78. The van der Waals surface area contributed by atoms with Gasteiger partial charge in [0.2, 0.25) is 0 Å². The molecule has 1 fully saturated rings. The molecule has 2 atom stereocenters. The van der Waals surface area contributed by atoms with E-state index in [9.17, 15) is 4.39 Å². The summed E-state index contributed by atoms with van der Waals surface area (Å²) in [5, 5.41) is 0. The number of benzene rings is 2. The van der Waals surface area contributed by atoms with Gasteiger partial charge in [-0.3, -0.25) is 0 Å². The number of rotatable bonds is 4. The maximum atomic E-state index is 14.4. The SMILES string of the molecule is CCC1(Cc2ccc(N)cc2)CCCCC1c1ccccc1F. The van der Waals surface area contributed by atoms with E-state index in [0.29, 0.717) is 5.92 Å². The van der Waals surface area contributed by atoms with Gasteiger partial charge in [-0.1, -0.05) is 50.1 Å². The van der Waals surface area contributed by atoms with E-state index in [-0.39, 0.29) is 11.2 Å². The summed E-state index contributed by atoms with van der Waals surface area (Å²) in [5.74, 6) is 0.259. The van der Waals surface area contributed by atoms with Gasteiger partial charge in [0.25, 0.3) is 0 Å². The molecule has 1 aliphatic rings. The number of halogens is 1. The van der Waals surface area contributed by atoms with E-state index in [1.807, 2.05) is 24.3 Å². The van der Waals surface area contributed by atoms with Crippen LogP contribution >= 0.6 is 0 Å². The smallest absolute Gasteiger partial charge is 0.126 e. The first-order chi connectivity index (χ1) is 11.1. The van der Waals surface area contributed by atoms with Crippen molar-refractivity contribution in [2.45, 2.75) is 51.4 Å². The molecule has 0 amide bonds. The second-order valence-electron chi connectivity index (χ2n) is 6.95. The van der Waals surface area contributed by atoms with Gasteiger partial charge in [0.1, 0.15) is 5.82 Å². The number of nitrogens with two attached hydrogens (primary N) is 1. The Morgan fingerprint density at radius 2 is 1.83 bits per heavy atom. The van der Waals surface area contributed by atoms with Gasteiger partial charge in [0.05, 0.1) is 0 Å². The highest BCUT2D eigenvalue weighted by Crippen LogP contribution is 2.52. The lowest BCUT2D eigenvalue weighted by atomic mass is 9.60. The topological polar surface area (TPSA) is 26.0 Å². The molecule has 1 nitrogen and oxygen atoms in total. The normalized spacial score (nSPS) is 24.5. The van der Waals surface area contributed by atoms with Crippen molar-refractivity contribution in [3.8, 4) is 0 Å². The Bertz CT molecular complexity index is 649. The quantitative estimate of drug-likeness (QED) is 0.720. The summed E-state index contributed by atoms with van der Waals surface area (Å²) in [5.41, 5.74) is 8.98. The predicted molar refractivity (Wildman–Crippen MR) is 94.9 cm³/mol. The zero-order valence-electron chi connectivity index (χ0n) is 13.9. The fraction of sp³-hybridized carbons (Fsp3) is 0.429. The van der Waals surface area contributed by atoms with Gasteiger partial charge in [-0.2, -0.15) is 0 Å². The average molecular weight is 311 g/mol. The maximum Gasteiger partial charge on any atom is 0.126 e. The Kier molecular flexibility index (Phi) is 4.70. The molecule has 23 heavy (non-hydrogen) atoms. The summed E-state index contributed by atoms with van der Waals surface area (Å²) in [6, 6.07) is 15.5. The third kappa shape index (κ3) is 3.26. The minimum Gasteiger partial charge on any atom is -0.399 e. The molecule has 2 aromatic rings. The Labute approximate surface area is 138 Å². The summed E-state index contributed by atoms with van der Waals surface area (Å²) in [7, 11) is 0. The zero-order valence-corrected chi connectivity index (χ0v) is 13.9. The van der Waals surface area contributed by atoms with Crippen molar-refractivity contribution < 1.29 is 4.39 Å². The van der Waals surface area contributed by atoms with Crippen molar-refractivity contribution >= 4 is 5.69 Å². The van der Waals surface area contributed by atoms with E-state index in [1.54, 1.807) is 12.1 Å². The lowest BCUT2D eigenvalue weighted by Gasteiger charge is -2.45. The molecule has 0 aliphatic heterocycles. The summed E-state index contributed by atoms with van der Waals surface area (Å²) < 4.78 is 14.4. The maximum absolute atomic E-state index is 14.4. The summed E-state index contributed by atoms with van der Waals surface area (Å²) in [6.45, 7) is 2.26. The Balaban J connectivity index is 1.96. The van der Waals surface area contributed by atoms with Crippen LogP contribution in [-0.2, 0) is 6.42 Å². The molecular formula is C21H26FN. The van der Waals surface area contributed by atoms with Crippen LogP contribution in [0.15, 0.2) is 48.5 Å². The standard InChI is InChI=1S/C21H26FN/c1-2-21(15-16-10-12-17(23)13-11-16)14-6-5-8-19(21)18-7-3-4-9-20(18)22/h3-4,7,9-13,19H,2,5-6,8,14-15,23H2,1H3. The lowest BCUT2D eigenvalue weighted by Crippen LogP contribution is -2.34. The first kappa shape index (κ1) is 16.0. The van der Waals surface area contributed by atoms with Crippen LogP contribution in [0.5, 0.6) is 0 Å². The van der Waals surface area contributed by atoms with Crippen LogP contribution < -0.4 is 5.73 Å². The van der Waals surface area contributed by atoms with Gasteiger partial charge in [-0.05, 0) is 66.3 Å². The minimum absolute atomic E-state index is 0.0467. The molecule has 2 heteroatoms. The molecule has 0 radical (unpaired) electrons. The van der Waals surface area contributed by atoms with E-state index in [1.165, 1.54) is 24.8 Å². The average Bonchev–Trinajstić information content (AvgIpc) is 2.58. The molecule has 0 spiro atoms. The van der Waals surface area contributed by atoms with Gasteiger partial charge in [-0.15, -0.1) is 0 Å². The fourth-order valence-electron chi connectivity index (χ4n) is 4.35. The van der Waals surface area contributed by atoms with Gasteiger partial charge in [0.15, 0.2) is 0 Å². The largest absolute Gasteiger partial charge is 0.399 e. The fourth-order valence-corrected chi connectivity index (χ4v) is 4.35. The molecule has 0 heterocycles. The van der Waals surface area contributed by atoms with E-state index >= 15 is 0 Å². The monoisotopic (exact) mass is 311 g/mol. The number of hydrogen-bond acceptors (Lipinski definition) is 1. The molecule has 0 saturated heterocycles. The van der Waals surface area contributed by atoms with E-state index in [4.69, 9.17) is 5.73 Å². The summed E-state index contributed by atoms with van der Waals surface area (Å²) in [4.78, 5) is 0. The number of hydrogen-bond donors (Lipinski definition) is 1. The molecule has 2 aromatic carbocycles. The molecule has 2 N–H and O–H groups in total. The van der Waals surface area contributed by atoms with Crippen LogP contribution in [0.1, 0.15) is 56.1 Å². The van der Waals surface area contributed by atoms with E-state index in [2.05, 4.69) is 19.1 Å². The van der Waals surface area contributed by atoms with E-state index in [0.717, 1.165) is 30.5 Å². The Morgan fingerprint density at radius 1 is 1.09 bits per heavy atom. The van der Waals surface area contributed by atoms with Crippen LogP contribution in [0, 0.1) is 11.2 Å². The van der Waals surface area contributed by atoms with Crippen molar-refractivity contribution in [2.24, 2.45) is 5.41 Å². The molecule has 122 valence electrons. The molecule has 0 aromatic heterocycles. The highest BCUT2D eigenvalue weighted by Gasteiger charge is 2.40. The van der Waals surface area contributed by atoms with Gasteiger partial charge in [-0.25, -0.2) is 4.39 Å². The van der Waals surface area contributed by atoms with Crippen LogP contribution in [0.2, 0.25) is 0 Å². The van der Waals surface area contributed by atoms with Crippen LogP contribution in [0.4, 0.5) is 10.1 Å². The summed E-state index contributed by atoms with van der Waals surface area (Å²) >= 11 is 0. The second kappa shape index (κ2) is 6.74. The van der Waals surface area contributed by atoms with Crippen molar-refractivity contribution in [2.75, 3.05) is 5.73 Å².